The Morgan fingerprint density at radius 3 is 2.36 bits per heavy atom. The van der Waals surface area contributed by atoms with E-state index in [1.165, 1.54) is 0 Å². The second-order valence-corrected chi connectivity index (χ2v) is 6.40. The highest BCUT2D eigenvalue weighted by molar-refractivity contribution is 6.30. The van der Waals surface area contributed by atoms with Gasteiger partial charge in [0, 0.05) is 17.6 Å². The summed E-state index contributed by atoms with van der Waals surface area (Å²) in [5, 5.41) is 8.91. The van der Waals surface area contributed by atoms with Crippen molar-refractivity contribution < 1.29 is 9.59 Å². The Morgan fingerprint density at radius 2 is 1.72 bits per heavy atom. The molecule has 0 aliphatic heterocycles. The molecule has 3 amide bonds. The predicted octanol–water partition coefficient (Wildman–Crippen LogP) is 3.41. The number of rotatable bonds is 6. The quantitative estimate of drug-likeness (QED) is 0.739. The summed E-state index contributed by atoms with van der Waals surface area (Å²) in [7, 11) is 0. The molecule has 0 fully saturated rings. The van der Waals surface area contributed by atoms with Crippen LogP contribution in [-0.4, -0.2) is 18.0 Å². The first-order valence-corrected chi connectivity index (χ1v) is 8.47. The lowest BCUT2D eigenvalue weighted by Gasteiger charge is -2.20. The molecule has 132 valence electrons. The molecule has 0 unspecified atom stereocenters. The maximum atomic E-state index is 12.4. The van der Waals surface area contributed by atoms with Crippen LogP contribution in [0.1, 0.15) is 31.0 Å². The van der Waals surface area contributed by atoms with Crippen molar-refractivity contribution in [2.24, 2.45) is 0 Å². The van der Waals surface area contributed by atoms with Crippen LogP contribution in [0.5, 0.6) is 0 Å². The molecule has 0 aliphatic carbocycles. The van der Waals surface area contributed by atoms with Crippen LogP contribution in [0.25, 0.3) is 0 Å². The van der Waals surface area contributed by atoms with E-state index in [4.69, 9.17) is 11.6 Å². The highest BCUT2D eigenvalue weighted by atomic mass is 35.5. The number of nitrogens with one attached hydrogen (secondary N) is 3. The molecule has 0 saturated carbocycles. The second kappa shape index (κ2) is 9.08. The van der Waals surface area contributed by atoms with E-state index >= 15 is 0 Å². The molecule has 0 aliphatic rings. The van der Waals surface area contributed by atoms with Crippen LogP contribution in [0.4, 0.5) is 4.79 Å². The lowest BCUT2D eigenvalue weighted by Crippen LogP contribution is -2.45. The second-order valence-electron chi connectivity index (χ2n) is 5.96. The smallest absolute Gasteiger partial charge is 0.315 e. The largest absolute Gasteiger partial charge is 0.352 e. The Bertz CT molecular complexity index is 720. The lowest BCUT2D eigenvalue weighted by molar-refractivity contribution is -0.123. The summed E-state index contributed by atoms with van der Waals surface area (Å²) in [6.45, 7) is 4.07. The molecular formula is C19H22ClN3O2. The molecular weight excluding hydrogens is 338 g/mol. The van der Waals surface area contributed by atoms with Gasteiger partial charge in [-0.25, -0.2) is 4.79 Å². The van der Waals surface area contributed by atoms with Crippen molar-refractivity contribution in [3.8, 4) is 0 Å². The molecule has 25 heavy (non-hydrogen) atoms. The summed E-state index contributed by atoms with van der Waals surface area (Å²) >= 11 is 5.93. The first-order valence-electron chi connectivity index (χ1n) is 8.10. The van der Waals surface area contributed by atoms with Crippen molar-refractivity contribution >= 4 is 23.5 Å². The SMILES string of the molecule is CC(C)NC(=O)[C@@H](NC(=O)NCc1cccc(Cl)c1)c1ccccc1. The third-order valence-electron chi connectivity index (χ3n) is 3.44. The molecule has 0 heterocycles. The van der Waals surface area contributed by atoms with Gasteiger partial charge < -0.3 is 16.0 Å². The Balaban J connectivity index is 2.02. The molecule has 2 aromatic rings. The lowest BCUT2D eigenvalue weighted by atomic mass is 10.1. The minimum atomic E-state index is -0.761. The van der Waals surface area contributed by atoms with Crippen molar-refractivity contribution in [1.29, 1.82) is 0 Å². The van der Waals surface area contributed by atoms with Gasteiger partial charge in [0.2, 0.25) is 5.91 Å². The summed E-state index contributed by atoms with van der Waals surface area (Å²) in [5.74, 6) is -0.251. The summed E-state index contributed by atoms with van der Waals surface area (Å²) in [6.07, 6.45) is 0. The molecule has 0 spiro atoms. The Hall–Kier alpha value is -2.53. The van der Waals surface area contributed by atoms with E-state index in [0.29, 0.717) is 11.6 Å². The van der Waals surface area contributed by atoms with Gasteiger partial charge in [0.15, 0.2) is 0 Å². The number of amides is 3. The van der Waals surface area contributed by atoms with Gasteiger partial charge in [-0.15, -0.1) is 0 Å². The van der Waals surface area contributed by atoms with Gasteiger partial charge >= 0.3 is 6.03 Å². The van der Waals surface area contributed by atoms with E-state index in [9.17, 15) is 9.59 Å². The number of carbonyl (C=O) groups excluding carboxylic acids is 2. The Labute approximate surface area is 152 Å². The minimum Gasteiger partial charge on any atom is -0.352 e. The van der Waals surface area contributed by atoms with Crippen molar-refractivity contribution in [1.82, 2.24) is 16.0 Å². The topological polar surface area (TPSA) is 70.2 Å². The number of halogens is 1. The fourth-order valence-electron chi connectivity index (χ4n) is 2.32. The molecule has 6 heteroatoms. The van der Waals surface area contributed by atoms with Crippen LogP contribution in [0, 0.1) is 0 Å². The Morgan fingerprint density at radius 1 is 1.00 bits per heavy atom. The zero-order valence-corrected chi connectivity index (χ0v) is 15.0. The summed E-state index contributed by atoms with van der Waals surface area (Å²) in [4.78, 5) is 24.7. The Kier molecular flexibility index (Phi) is 6.83. The third-order valence-corrected chi connectivity index (χ3v) is 3.68. The average Bonchev–Trinajstić information content (AvgIpc) is 2.58. The van der Waals surface area contributed by atoms with E-state index in [1.54, 1.807) is 12.1 Å². The normalized spacial score (nSPS) is 11.7. The number of urea groups is 1. The highest BCUT2D eigenvalue weighted by Crippen LogP contribution is 2.13. The van der Waals surface area contributed by atoms with E-state index in [2.05, 4.69) is 16.0 Å². The van der Waals surface area contributed by atoms with E-state index in [-0.39, 0.29) is 11.9 Å². The van der Waals surface area contributed by atoms with Crippen molar-refractivity contribution in [2.45, 2.75) is 32.5 Å². The molecule has 0 saturated heterocycles. The summed E-state index contributed by atoms with van der Waals surface area (Å²) in [6, 6.07) is 15.2. The van der Waals surface area contributed by atoms with Gasteiger partial charge in [-0.2, -0.15) is 0 Å². The maximum Gasteiger partial charge on any atom is 0.315 e. The molecule has 3 N–H and O–H groups in total. The van der Waals surface area contributed by atoms with Crippen LogP contribution in [-0.2, 0) is 11.3 Å². The first-order chi connectivity index (χ1) is 12.0. The fraction of sp³-hybridized carbons (Fsp3) is 0.263. The highest BCUT2D eigenvalue weighted by Gasteiger charge is 2.22. The van der Waals surface area contributed by atoms with Gasteiger partial charge in [-0.1, -0.05) is 54.1 Å². The molecule has 0 bridgehead atoms. The standard InChI is InChI=1S/C19H22ClN3O2/c1-13(2)22-18(24)17(15-8-4-3-5-9-15)23-19(25)21-12-14-7-6-10-16(20)11-14/h3-11,13,17H,12H2,1-2H3,(H,22,24)(H2,21,23,25)/t17-/m0/s1. The van der Waals surface area contributed by atoms with E-state index in [1.807, 2.05) is 56.3 Å². The van der Waals surface area contributed by atoms with E-state index < -0.39 is 12.1 Å². The molecule has 5 nitrogen and oxygen atoms in total. The van der Waals surface area contributed by atoms with Gasteiger partial charge in [-0.05, 0) is 37.1 Å². The average molecular weight is 360 g/mol. The number of hydrogen-bond donors (Lipinski definition) is 3. The monoisotopic (exact) mass is 359 g/mol. The van der Waals surface area contributed by atoms with E-state index in [0.717, 1.165) is 11.1 Å². The van der Waals surface area contributed by atoms with Crippen LogP contribution in [0.2, 0.25) is 5.02 Å². The van der Waals surface area contributed by atoms with Gasteiger partial charge in [-0.3, -0.25) is 4.79 Å². The van der Waals surface area contributed by atoms with Crippen molar-refractivity contribution in [2.75, 3.05) is 0 Å². The van der Waals surface area contributed by atoms with Gasteiger partial charge in [0.05, 0.1) is 0 Å². The molecule has 2 aromatic carbocycles. The zero-order valence-electron chi connectivity index (χ0n) is 14.3. The van der Waals surface area contributed by atoms with Crippen LogP contribution >= 0.6 is 11.6 Å². The van der Waals surface area contributed by atoms with Gasteiger partial charge in [0.25, 0.3) is 0 Å². The van der Waals surface area contributed by atoms with Crippen LogP contribution in [0.15, 0.2) is 54.6 Å². The number of hydrogen-bond acceptors (Lipinski definition) is 2. The predicted molar refractivity (Wildman–Crippen MR) is 99.3 cm³/mol. The fourth-order valence-corrected chi connectivity index (χ4v) is 2.54. The third kappa shape index (κ3) is 6.12. The maximum absolute atomic E-state index is 12.4. The zero-order chi connectivity index (χ0) is 18.2. The van der Waals surface area contributed by atoms with Crippen molar-refractivity contribution in [3.63, 3.8) is 0 Å². The van der Waals surface area contributed by atoms with Gasteiger partial charge in [0.1, 0.15) is 6.04 Å². The molecule has 1 atom stereocenters. The molecule has 0 aromatic heterocycles. The van der Waals surface area contributed by atoms with Crippen LogP contribution in [0.3, 0.4) is 0 Å². The number of benzene rings is 2. The first kappa shape index (κ1) is 18.8. The van der Waals surface area contributed by atoms with Crippen molar-refractivity contribution in [3.05, 3.63) is 70.7 Å². The molecule has 2 rings (SSSR count). The minimum absolute atomic E-state index is 0.0185. The van der Waals surface area contributed by atoms with Crippen LogP contribution < -0.4 is 16.0 Å². The summed E-state index contributed by atoms with van der Waals surface area (Å²) in [5.41, 5.74) is 1.60. The number of carbonyl (C=O) groups is 2. The molecule has 0 radical (unpaired) electrons. The summed E-state index contributed by atoms with van der Waals surface area (Å²) < 4.78 is 0.